The van der Waals surface area contributed by atoms with Gasteiger partial charge < -0.3 is 15.5 Å². The molecule has 8 heteroatoms. The van der Waals surface area contributed by atoms with E-state index in [9.17, 15) is 0 Å². The molecular formula is C21H33FN6S. The number of hydrazone groups is 1. The minimum Gasteiger partial charge on any atom is -0.375 e. The van der Waals surface area contributed by atoms with Crippen molar-refractivity contribution in [2.24, 2.45) is 10.8 Å². The third-order valence-electron chi connectivity index (χ3n) is 6.04. The SMILES string of the molecule is CCC(CC)N1CCN(c2cc(N3CCCC3)c(C=NNC(N)=S)cc2F)CC1. The topological polar surface area (TPSA) is 60.1 Å². The fourth-order valence-corrected chi connectivity index (χ4v) is 4.50. The highest BCUT2D eigenvalue weighted by Gasteiger charge is 2.25. The van der Waals surface area contributed by atoms with E-state index in [-0.39, 0.29) is 10.9 Å². The van der Waals surface area contributed by atoms with Crippen LogP contribution in [0, 0.1) is 5.82 Å². The summed E-state index contributed by atoms with van der Waals surface area (Å²) in [4.78, 5) is 7.03. The highest BCUT2D eigenvalue weighted by atomic mass is 32.1. The Balaban J connectivity index is 1.81. The number of benzene rings is 1. The van der Waals surface area contributed by atoms with Crippen molar-refractivity contribution in [3.8, 4) is 0 Å². The summed E-state index contributed by atoms with van der Waals surface area (Å²) in [5, 5.41) is 4.14. The molecule has 0 aromatic heterocycles. The average molecular weight is 421 g/mol. The van der Waals surface area contributed by atoms with Crippen molar-refractivity contribution in [3.05, 3.63) is 23.5 Å². The van der Waals surface area contributed by atoms with Crippen LogP contribution in [0.4, 0.5) is 15.8 Å². The molecule has 0 spiro atoms. The lowest BCUT2D eigenvalue weighted by Crippen LogP contribution is -2.50. The number of hydrogen-bond donors (Lipinski definition) is 2. The molecule has 0 unspecified atom stereocenters. The smallest absolute Gasteiger partial charge is 0.184 e. The monoisotopic (exact) mass is 420 g/mol. The predicted molar refractivity (Wildman–Crippen MR) is 124 cm³/mol. The van der Waals surface area contributed by atoms with Crippen molar-refractivity contribution in [2.75, 3.05) is 49.1 Å². The zero-order valence-corrected chi connectivity index (χ0v) is 18.3. The molecule has 2 aliphatic heterocycles. The van der Waals surface area contributed by atoms with Crippen molar-refractivity contribution < 1.29 is 4.39 Å². The van der Waals surface area contributed by atoms with Crippen LogP contribution in [0.1, 0.15) is 45.1 Å². The van der Waals surface area contributed by atoms with Crippen molar-refractivity contribution in [1.82, 2.24) is 10.3 Å². The summed E-state index contributed by atoms with van der Waals surface area (Å²) in [7, 11) is 0. The fourth-order valence-electron chi connectivity index (χ4n) is 4.44. The first-order chi connectivity index (χ1) is 14.0. The summed E-state index contributed by atoms with van der Waals surface area (Å²) in [5.41, 5.74) is 10.4. The molecular weight excluding hydrogens is 387 g/mol. The molecule has 2 heterocycles. The number of thiocarbonyl (C=S) groups is 1. The molecule has 29 heavy (non-hydrogen) atoms. The van der Waals surface area contributed by atoms with Gasteiger partial charge in [0.1, 0.15) is 5.82 Å². The largest absolute Gasteiger partial charge is 0.375 e. The van der Waals surface area contributed by atoms with E-state index in [1.165, 1.54) is 0 Å². The van der Waals surface area contributed by atoms with Crippen LogP contribution in [0.3, 0.4) is 0 Å². The molecule has 0 bridgehead atoms. The maximum atomic E-state index is 15.1. The van der Waals surface area contributed by atoms with E-state index in [0.29, 0.717) is 11.7 Å². The van der Waals surface area contributed by atoms with Crippen LogP contribution < -0.4 is 21.0 Å². The molecule has 0 saturated carbocycles. The third kappa shape index (κ3) is 5.36. The van der Waals surface area contributed by atoms with Gasteiger partial charge in [-0.25, -0.2) is 4.39 Å². The Labute approximate surface area is 178 Å². The second kappa shape index (κ2) is 10.2. The lowest BCUT2D eigenvalue weighted by molar-refractivity contribution is 0.175. The normalized spacial score (nSPS) is 18.2. The Morgan fingerprint density at radius 1 is 1.10 bits per heavy atom. The Hall–Kier alpha value is -1.93. The van der Waals surface area contributed by atoms with Gasteiger partial charge in [0.15, 0.2) is 5.11 Å². The van der Waals surface area contributed by atoms with Crippen LogP contribution in [-0.4, -0.2) is 61.5 Å². The summed E-state index contributed by atoms with van der Waals surface area (Å²) in [6, 6.07) is 4.21. The van der Waals surface area contributed by atoms with E-state index in [2.05, 4.69) is 39.1 Å². The van der Waals surface area contributed by atoms with E-state index >= 15 is 4.39 Å². The summed E-state index contributed by atoms with van der Waals surface area (Å²) in [6.07, 6.45) is 6.24. The number of rotatable bonds is 7. The van der Waals surface area contributed by atoms with Gasteiger partial charge in [-0.3, -0.25) is 10.3 Å². The summed E-state index contributed by atoms with van der Waals surface area (Å²) in [5.74, 6) is -0.208. The highest BCUT2D eigenvalue weighted by Crippen LogP contribution is 2.32. The lowest BCUT2D eigenvalue weighted by atomic mass is 10.1. The predicted octanol–water partition coefficient (Wildman–Crippen LogP) is 2.90. The van der Waals surface area contributed by atoms with E-state index in [4.69, 9.17) is 18.0 Å². The molecule has 0 amide bonds. The molecule has 3 N–H and O–H groups in total. The van der Waals surface area contributed by atoms with Gasteiger partial charge in [0.2, 0.25) is 0 Å². The van der Waals surface area contributed by atoms with Gasteiger partial charge in [0, 0.05) is 56.6 Å². The van der Waals surface area contributed by atoms with Gasteiger partial charge in [-0.15, -0.1) is 0 Å². The molecule has 160 valence electrons. The molecule has 1 aromatic rings. The van der Waals surface area contributed by atoms with Crippen LogP contribution in [0.15, 0.2) is 17.2 Å². The van der Waals surface area contributed by atoms with Gasteiger partial charge >= 0.3 is 0 Å². The summed E-state index contributed by atoms with van der Waals surface area (Å²) < 4.78 is 15.1. The van der Waals surface area contributed by atoms with Gasteiger partial charge in [0.25, 0.3) is 0 Å². The van der Waals surface area contributed by atoms with Crippen molar-refractivity contribution in [2.45, 2.75) is 45.6 Å². The zero-order chi connectivity index (χ0) is 20.8. The fraction of sp³-hybridized carbons (Fsp3) is 0.619. The van der Waals surface area contributed by atoms with Gasteiger partial charge in [0.05, 0.1) is 11.9 Å². The standard InChI is InChI=1S/C21H33FN6S/c1-3-17(4-2)26-9-11-28(12-10-26)20-14-19(27-7-5-6-8-27)16(13-18(20)22)15-24-25-21(23)29/h13-15,17H,3-12H2,1-2H3,(H3,23,25,29). The van der Waals surface area contributed by atoms with Crippen LogP contribution in [0.25, 0.3) is 0 Å². The number of nitrogens with one attached hydrogen (secondary N) is 1. The van der Waals surface area contributed by atoms with Crippen LogP contribution in [-0.2, 0) is 0 Å². The van der Waals surface area contributed by atoms with E-state index < -0.39 is 0 Å². The highest BCUT2D eigenvalue weighted by molar-refractivity contribution is 7.80. The molecule has 3 rings (SSSR count). The van der Waals surface area contributed by atoms with Crippen molar-refractivity contribution in [1.29, 1.82) is 0 Å². The molecule has 0 atom stereocenters. The van der Waals surface area contributed by atoms with Gasteiger partial charge in [-0.2, -0.15) is 5.10 Å². The van der Waals surface area contributed by atoms with Crippen molar-refractivity contribution >= 4 is 34.9 Å². The minimum absolute atomic E-state index is 0.0939. The number of anilines is 2. The molecule has 0 radical (unpaired) electrons. The molecule has 2 aliphatic rings. The minimum atomic E-state index is -0.208. The second-order valence-corrected chi connectivity index (χ2v) is 8.22. The van der Waals surface area contributed by atoms with E-state index in [0.717, 1.165) is 76.2 Å². The van der Waals surface area contributed by atoms with Crippen LogP contribution >= 0.6 is 12.2 Å². The maximum Gasteiger partial charge on any atom is 0.184 e. The van der Waals surface area contributed by atoms with E-state index in [1.54, 1.807) is 12.3 Å². The molecule has 1 aromatic carbocycles. The van der Waals surface area contributed by atoms with Crippen LogP contribution in [0.5, 0.6) is 0 Å². The first-order valence-electron chi connectivity index (χ1n) is 10.7. The molecule has 0 aliphatic carbocycles. The quantitative estimate of drug-likeness (QED) is 0.402. The molecule has 6 nitrogen and oxygen atoms in total. The van der Waals surface area contributed by atoms with Gasteiger partial charge in [-0.1, -0.05) is 13.8 Å². The summed E-state index contributed by atoms with van der Waals surface area (Å²) in [6.45, 7) is 10.1. The summed E-state index contributed by atoms with van der Waals surface area (Å²) >= 11 is 4.79. The Morgan fingerprint density at radius 2 is 1.72 bits per heavy atom. The van der Waals surface area contributed by atoms with Crippen LogP contribution in [0.2, 0.25) is 0 Å². The Morgan fingerprint density at radius 3 is 2.31 bits per heavy atom. The number of nitrogens with two attached hydrogens (primary N) is 1. The average Bonchev–Trinajstić information content (AvgIpc) is 3.24. The molecule has 2 fully saturated rings. The first-order valence-corrected chi connectivity index (χ1v) is 11.1. The van der Waals surface area contributed by atoms with Gasteiger partial charge in [-0.05, 0) is 50.0 Å². The van der Waals surface area contributed by atoms with E-state index in [1.807, 2.05) is 6.07 Å². The molecule has 2 saturated heterocycles. The zero-order valence-electron chi connectivity index (χ0n) is 17.5. The lowest BCUT2D eigenvalue weighted by Gasteiger charge is -2.40. The second-order valence-electron chi connectivity index (χ2n) is 7.78. The number of halogens is 1. The number of nitrogens with zero attached hydrogens (tertiary/aromatic N) is 4. The Kier molecular flexibility index (Phi) is 7.66. The third-order valence-corrected chi connectivity index (χ3v) is 6.13. The first kappa shape index (κ1) is 21.8. The Bertz CT molecular complexity index is 722. The number of piperazine rings is 1. The maximum absolute atomic E-state index is 15.1. The van der Waals surface area contributed by atoms with Crippen molar-refractivity contribution in [3.63, 3.8) is 0 Å². The number of hydrogen-bond acceptors (Lipinski definition) is 5.